The molecule has 1 fully saturated rings. The van der Waals surface area contributed by atoms with Crippen LogP contribution < -0.4 is 5.32 Å². The molecule has 0 spiro atoms. The number of hydrogen-bond acceptors (Lipinski definition) is 2. The maximum Gasteiger partial charge on any atom is 0.224 e. The van der Waals surface area contributed by atoms with Crippen molar-refractivity contribution in [2.45, 2.75) is 45.2 Å². The number of benzene rings is 1. The number of nitrogens with one attached hydrogen (secondary N) is 1. The van der Waals surface area contributed by atoms with E-state index in [1.807, 2.05) is 11.9 Å². The van der Waals surface area contributed by atoms with Gasteiger partial charge in [-0.15, -0.1) is 12.4 Å². The molecule has 2 rings (SSSR count). The normalized spacial score (nSPS) is 19.2. The molecule has 1 saturated heterocycles. The van der Waals surface area contributed by atoms with Crippen LogP contribution in [0, 0.1) is 6.92 Å². The van der Waals surface area contributed by atoms with E-state index in [0.29, 0.717) is 12.5 Å². The molecule has 2 atom stereocenters. The second kappa shape index (κ2) is 7.65. The van der Waals surface area contributed by atoms with Crippen LogP contribution in [0.1, 0.15) is 43.4 Å². The van der Waals surface area contributed by atoms with Gasteiger partial charge in [-0.2, -0.15) is 0 Å². The molecule has 2 unspecified atom stereocenters. The van der Waals surface area contributed by atoms with E-state index >= 15 is 0 Å². The Morgan fingerprint density at radius 2 is 2.05 bits per heavy atom. The average Bonchev–Trinajstić information content (AvgIpc) is 2.90. The number of amides is 1. The van der Waals surface area contributed by atoms with Crippen molar-refractivity contribution in [2.24, 2.45) is 0 Å². The van der Waals surface area contributed by atoms with Gasteiger partial charge >= 0.3 is 0 Å². The molecule has 0 saturated carbocycles. The van der Waals surface area contributed by atoms with Crippen LogP contribution in [0.15, 0.2) is 24.3 Å². The van der Waals surface area contributed by atoms with Gasteiger partial charge in [0, 0.05) is 19.5 Å². The average molecular weight is 297 g/mol. The zero-order valence-electron chi connectivity index (χ0n) is 12.6. The molecule has 1 aliphatic rings. The molecule has 3 nitrogen and oxygen atoms in total. The maximum absolute atomic E-state index is 12.3. The molecule has 0 bridgehead atoms. The summed E-state index contributed by atoms with van der Waals surface area (Å²) in [6.45, 7) is 5.22. The molecule has 0 aromatic heterocycles. The second-order valence-electron chi connectivity index (χ2n) is 5.59. The third kappa shape index (κ3) is 4.22. The van der Waals surface area contributed by atoms with Gasteiger partial charge in [0.05, 0.1) is 6.04 Å². The topological polar surface area (TPSA) is 32.3 Å². The van der Waals surface area contributed by atoms with Gasteiger partial charge in [0.2, 0.25) is 5.91 Å². The zero-order chi connectivity index (χ0) is 13.8. The van der Waals surface area contributed by atoms with Crippen LogP contribution in [0.25, 0.3) is 0 Å². The fraction of sp³-hybridized carbons (Fsp3) is 0.562. The Kier molecular flexibility index (Phi) is 6.50. The van der Waals surface area contributed by atoms with Crippen LogP contribution in [0.3, 0.4) is 0 Å². The molecule has 0 radical (unpaired) electrons. The quantitative estimate of drug-likeness (QED) is 0.926. The highest BCUT2D eigenvalue weighted by Gasteiger charge is 2.22. The molecule has 1 aromatic rings. The number of halogens is 1. The first-order valence-corrected chi connectivity index (χ1v) is 7.13. The predicted octanol–water partition coefficient (Wildman–Crippen LogP) is 3.08. The van der Waals surface area contributed by atoms with Crippen LogP contribution in [0.4, 0.5) is 0 Å². The summed E-state index contributed by atoms with van der Waals surface area (Å²) in [6.07, 6.45) is 2.93. The third-order valence-corrected chi connectivity index (χ3v) is 4.12. The molecule has 20 heavy (non-hydrogen) atoms. The summed E-state index contributed by atoms with van der Waals surface area (Å²) < 4.78 is 0. The zero-order valence-corrected chi connectivity index (χ0v) is 13.4. The van der Waals surface area contributed by atoms with E-state index in [1.165, 1.54) is 17.5 Å². The molecule has 1 aromatic carbocycles. The highest BCUT2D eigenvalue weighted by Crippen LogP contribution is 2.21. The van der Waals surface area contributed by atoms with Crippen LogP contribution in [0.5, 0.6) is 0 Å². The van der Waals surface area contributed by atoms with Crippen molar-refractivity contribution in [3.63, 3.8) is 0 Å². The van der Waals surface area contributed by atoms with Gasteiger partial charge in [-0.05, 0) is 38.8 Å². The van der Waals surface area contributed by atoms with Crippen LogP contribution in [-0.2, 0) is 4.79 Å². The van der Waals surface area contributed by atoms with E-state index in [9.17, 15) is 4.79 Å². The number of aryl methyl sites for hydroxylation is 1. The van der Waals surface area contributed by atoms with E-state index in [4.69, 9.17) is 0 Å². The number of nitrogens with zero attached hydrogens (tertiary/aromatic N) is 1. The Bertz CT molecular complexity index is 427. The summed E-state index contributed by atoms with van der Waals surface area (Å²) in [4.78, 5) is 14.1. The molecule has 4 heteroatoms. The van der Waals surface area contributed by atoms with Crippen molar-refractivity contribution < 1.29 is 4.79 Å². The Labute approximate surface area is 128 Å². The molecule has 1 N–H and O–H groups in total. The number of hydrogen-bond donors (Lipinski definition) is 1. The van der Waals surface area contributed by atoms with E-state index in [-0.39, 0.29) is 24.4 Å². The summed E-state index contributed by atoms with van der Waals surface area (Å²) in [7, 11) is 1.90. The van der Waals surface area contributed by atoms with Gasteiger partial charge in [-0.3, -0.25) is 4.79 Å². The van der Waals surface area contributed by atoms with Gasteiger partial charge in [-0.1, -0.05) is 29.8 Å². The molecular formula is C16H25ClN2O. The second-order valence-corrected chi connectivity index (χ2v) is 5.59. The Morgan fingerprint density at radius 3 is 2.60 bits per heavy atom. The summed E-state index contributed by atoms with van der Waals surface area (Å²) in [5.41, 5.74) is 2.45. The van der Waals surface area contributed by atoms with Gasteiger partial charge in [0.25, 0.3) is 0 Å². The maximum atomic E-state index is 12.3. The minimum Gasteiger partial charge on any atom is -0.339 e. The molecule has 0 aliphatic carbocycles. The first kappa shape index (κ1) is 17.0. The first-order valence-electron chi connectivity index (χ1n) is 7.13. The molecule has 1 amide bonds. The minimum atomic E-state index is 0. The standard InChI is InChI=1S/C16H24N2O.ClH/c1-12-6-8-14(9-7-12)13(2)18(3)16(19)11-15-5-4-10-17-15;/h6-9,13,15,17H,4-5,10-11H2,1-3H3;1H. The van der Waals surface area contributed by atoms with E-state index in [1.54, 1.807) is 0 Å². The number of carbonyl (C=O) groups is 1. The van der Waals surface area contributed by atoms with Crippen molar-refractivity contribution in [1.82, 2.24) is 10.2 Å². The van der Waals surface area contributed by atoms with Crippen molar-refractivity contribution in [3.8, 4) is 0 Å². The fourth-order valence-electron chi connectivity index (χ4n) is 2.57. The SMILES string of the molecule is Cc1ccc(C(C)N(C)C(=O)CC2CCCN2)cc1.Cl. The minimum absolute atomic E-state index is 0. The lowest BCUT2D eigenvalue weighted by atomic mass is 10.0. The predicted molar refractivity (Wildman–Crippen MR) is 85.3 cm³/mol. The summed E-state index contributed by atoms with van der Waals surface area (Å²) in [6, 6.07) is 8.93. The monoisotopic (exact) mass is 296 g/mol. The van der Waals surface area contributed by atoms with E-state index in [2.05, 4.69) is 43.4 Å². The van der Waals surface area contributed by atoms with Gasteiger partial charge < -0.3 is 10.2 Å². The largest absolute Gasteiger partial charge is 0.339 e. The first-order chi connectivity index (χ1) is 9.08. The van der Waals surface area contributed by atoms with Gasteiger partial charge in [-0.25, -0.2) is 0 Å². The molecule has 1 heterocycles. The highest BCUT2D eigenvalue weighted by molar-refractivity contribution is 5.85. The molecule has 112 valence electrons. The summed E-state index contributed by atoms with van der Waals surface area (Å²) >= 11 is 0. The summed E-state index contributed by atoms with van der Waals surface area (Å²) in [5, 5.41) is 3.38. The van der Waals surface area contributed by atoms with Crippen molar-refractivity contribution >= 4 is 18.3 Å². The summed E-state index contributed by atoms with van der Waals surface area (Å²) in [5.74, 6) is 0.229. The smallest absolute Gasteiger partial charge is 0.224 e. The Morgan fingerprint density at radius 1 is 1.40 bits per heavy atom. The Balaban J connectivity index is 0.00000200. The third-order valence-electron chi connectivity index (χ3n) is 4.12. The lowest BCUT2D eigenvalue weighted by molar-refractivity contribution is -0.132. The van der Waals surface area contributed by atoms with E-state index in [0.717, 1.165) is 13.0 Å². The lowest BCUT2D eigenvalue weighted by Gasteiger charge is -2.26. The number of carbonyl (C=O) groups excluding carboxylic acids is 1. The van der Waals surface area contributed by atoms with E-state index < -0.39 is 0 Å². The van der Waals surface area contributed by atoms with Crippen LogP contribution in [-0.4, -0.2) is 30.4 Å². The van der Waals surface area contributed by atoms with Gasteiger partial charge in [0.1, 0.15) is 0 Å². The molecule has 1 aliphatic heterocycles. The fourth-order valence-corrected chi connectivity index (χ4v) is 2.57. The highest BCUT2D eigenvalue weighted by atomic mass is 35.5. The van der Waals surface area contributed by atoms with Crippen LogP contribution >= 0.6 is 12.4 Å². The van der Waals surface area contributed by atoms with Crippen molar-refractivity contribution in [1.29, 1.82) is 0 Å². The van der Waals surface area contributed by atoms with Gasteiger partial charge in [0.15, 0.2) is 0 Å². The Hall–Kier alpha value is -1.06. The van der Waals surface area contributed by atoms with Crippen LogP contribution in [0.2, 0.25) is 0 Å². The lowest BCUT2D eigenvalue weighted by Crippen LogP contribution is -2.34. The number of rotatable bonds is 4. The van der Waals surface area contributed by atoms with Crippen molar-refractivity contribution in [2.75, 3.05) is 13.6 Å². The van der Waals surface area contributed by atoms with Crippen molar-refractivity contribution in [3.05, 3.63) is 35.4 Å². The molecular weight excluding hydrogens is 272 g/mol.